The van der Waals surface area contributed by atoms with E-state index in [-0.39, 0.29) is 17.8 Å². The van der Waals surface area contributed by atoms with E-state index in [0.29, 0.717) is 15.8 Å². The summed E-state index contributed by atoms with van der Waals surface area (Å²) in [4.78, 5) is 8.97. The third-order valence-electron chi connectivity index (χ3n) is 7.57. The number of pyridine rings is 1. The maximum absolute atomic E-state index is 10.9. The smallest absolute Gasteiger partial charge is 0.174 e. The van der Waals surface area contributed by atoms with Crippen LogP contribution in [0.5, 0.6) is 5.75 Å². The van der Waals surface area contributed by atoms with Crippen molar-refractivity contribution < 1.29 is 9.84 Å². The number of morpholine rings is 1. The highest BCUT2D eigenvalue weighted by atomic mass is 35.5. The molecule has 2 aromatic carbocycles. The zero-order chi connectivity index (χ0) is 27.1. The van der Waals surface area contributed by atoms with Gasteiger partial charge in [0.25, 0.3) is 0 Å². The molecule has 200 valence electrons. The third-order valence-corrected chi connectivity index (χ3v) is 8.12. The van der Waals surface area contributed by atoms with E-state index < -0.39 is 0 Å². The number of phenols is 1. The Hall–Kier alpha value is -3.59. The van der Waals surface area contributed by atoms with Gasteiger partial charge in [0.15, 0.2) is 5.11 Å². The Morgan fingerprint density at radius 2 is 1.74 bits per heavy atom. The Bertz CT molecular complexity index is 1500. The molecule has 2 saturated heterocycles. The number of aryl methyl sites for hydroxylation is 1. The van der Waals surface area contributed by atoms with Crippen LogP contribution in [0.15, 0.2) is 72.9 Å². The van der Waals surface area contributed by atoms with Gasteiger partial charge in [0.05, 0.1) is 36.7 Å². The fourth-order valence-electron chi connectivity index (χ4n) is 5.74. The van der Waals surface area contributed by atoms with Crippen LogP contribution >= 0.6 is 23.8 Å². The van der Waals surface area contributed by atoms with Crippen LogP contribution in [-0.2, 0) is 4.74 Å². The summed E-state index contributed by atoms with van der Waals surface area (Å²) >= 11 is 12.2. The van der Waals surface area contributed by atoms with Gasteiger partial charge in [0.1, 0.15) is 5.75 Å². The van der Waals surface area contributed by atoms with Crippen molar-refractivity contribution in [3.8, 4) is 11.4 Å². The van der Waals surface area contributed by atoms with Crippen molar-refractivity contribution in [3.05, 3.63) is 101 Å². The van der Waals surface area contributed by atoms with Crippen molar-refractivity contribution in [3.63, 3.8) is 0 Å². The summed E-state index contributed by atoms with van der Waals surface area (Å²) in [6.45, 7) is 7.57. The van der Waals surface area contributed by atoms with Gasteiger partial charge in [-0.05, 0) is 92.3 Å². The van der Waals surface area contributed by atoms with E-state index in [9.17, 15) is 5.11 Å². The van der Waals surface area contributed by atoms with Gasteiger partial charge in [-0.25, -0.2) is 0 Å². The molecule has 4 aromatic rings. The SMILES string of the molecule is Cc1cc(C2C(c3ccccn3)NC(=S)N2c2cc(Cl)ccc2O)c(C)n1-c1ccc(N2CCOCC2)cc1. The number of nitrogens with zero attached hydrogens (tertiary/aromatic N) is 4. The van der Waals surface area contributed by atoms with Crippen LogP contribution in [0.2, 0.25) is 5.02 Å². The maximum atomic E-state index is 10.9. The number of halogens is 1. The second-order valence-electron chi connectivity index (χ2n) is 9.91. The molecule has 0 bridgehead atoms. The average Bonchev–Trinajstić information content (AvgIpc) is 3.45. The molecule has 4 heterocycles. The lowest BCUT2D eigenvalue weighted by Crippen LogP contribution is -2.36. The Balaban J connectivity index is 1.44. The van der Waals surface area contributed by atoms with Gasteiger partial charge in [-0.2, -0.15) is 0 Å². The molecule has 2 unspecified atom stereocenters. The lowest BCUT2D eigenvalue weighted by atomic mass is 9.96. The number of benzene rings is 2. The first-order valence-corrected chi connectivity index (χ1v) is 13.8. The largest absolute Gasteiger partial charge is 0.506 e. The normalized spacial score (nSPS) is 19.4. The zero-order valence-electron chi connectivity index (χ0n) is 21.8. The summed E-state index contributed by atoms with van der Waals surface area (Å²) in [5.74, 6) is 0.114. The molecule has 0 spiro atoms. The van der Waals surface area contributed by atoms with Gasteiger partial charge in [0, 0.05) is 47.1 Å². The minimum atomic E-state index is -0.260. The van der Waals surface area contributed by atoms with Crippen molar-refractivity contribution in [1.82, 2.24) is 14.9 Å². The fraction of sp³-hybridized carbons (Fsp3) is 0.267. The molecule has 2 atom stereocenters. The van der Waals surface area contributed by atoms with Crippen LogP contribution in [0.3, 0.4) is 0 Å². The first kappa shape index (κ1) is 25.7. The molecule has 2 aliphatic heterocycles. The van der Waals surface area contributed by atoms with Gasteiger partial charge in [-0.1, -0.05) is 17.7 Å². The monoisotopic (exact) mass is 559 g/mol. The molecule has 0 saturated carbocycles. The minimum Gasteiger partial charge on any atom is -0.506 e. The number of phenolic OH excluding ortho intramolecular Hbond substituents is 1. The van der Waals surface area contributed by atoms with Crippen LogP contribution < -0.4 is 15.1 Å². The first-order valence-electron chi connectivity index (χ1n) is 13.0. The average molecular weight is 560 g/mol. The van der Waals surface area contributed by atoms with Crippen molar-refractivity contribution in [2.45, 2.75) is 25.9 Å². The second-order valence-corrected chi connectivity index (χ2v) is 10.7. The van der Waals surface area contributed by atoms with E-state index >= 15 is 0 Å². The zero-order valence-corrected chi connectivity index (χ0v) is 23.4. The Labute approximate surface area is 238 Å². The highest BCUT2D eigenvalue weighted by Crippen LogP contribution is 2.46. The van der Waals surface area contributed by atoms with Crippen molar-refractivity contribution in [1.29, 1.82) is 0 Å². The Morgan fingerprint density at radius 1 is 1.00 bits per heavy atom. The summed E-state index contributed by atoms with van der Waals surface area (Å²) in [6, 6.07) is 21.3. The molecule has 0 amide bonds. The third kappa shape index (κ3) is 4.73. The second kappa shape index (κ2) is 10.5. The number of rotatable bonds is 5. The highest BCUT2D eigenvalue weighted by Gasteiger charge is 2.43. The van der Waals surface area contributed by atoms with Crippen LogP contribution in [0, 0.1) is 13.8 Å². The van der Waals surface area contributed by atoms with Gasteiger partial charge in [-0.15, -0.1) is 0 Å². The topological polar surface area (TPSA) is 65.8 Å². The van der Waals surface area contributed by atoms with Gasteiger partial charge in [0.2, 0.25) is 0 Å². The molecular formula is C30H30ClN5O2S. The van der Waals surface area contributed by atoms with Crippen LogP contribution in [0.4, 0.5) is 11.4 Å². The van der Waals surface area contributed by atoms with Gasteiger partial charge >= 0.3 is 0 Å². The molecule has 2 fully saturated rings. The Kier molecular flexibility index (Phi) is 6.93. The molecule has 39 heavy (non-hydrogen) atoms. The van der Waals surface area contributed by atoms with Gasteiger partial charge < -0.3 is 29.5 Å². The number of thiocarbonyl (C=S) groups is 1. The van der Waals surface area contributed by atoms with E-state index in [1.54, 1.807) is 24.4 Å². The summed E-state index contributed by atoms with van der Waals surface area (Å²) in [5.41, 5.74) is 7.01. The summed E-state index contributed by atoms with van der Waals surface area (Å²) in [6.07, 6.45) is 1.79. The van der Waals surface area contributed by atoms with E-state index in [1.807, 2.05) is 23.1 Å². The number of ether oxygens (including phenoxy) is 1. The molecule has 0 radical (unpaired) electrons. The fourth-order valence-corrected chi connectivity index (χ4v) is 6.24. The summed E-state index contributed by atoms with van der Waals surface area (Å²) in [7, 11) is 0. The Morgan fingerprint density at radius 3 is 2.46 bits per heavy atom. The quantitative estimate of drug-likeness (QED) is 0.297. The van der Waals surface area contributed by atoms with Crippen molar-refractivity contribution >= 4 is 40.3 Å². The molecule has 6 rings (SSSR count). The van der Waals surface area contributed by atoms with E-state index in [0.717, 1.165) is 54.6 Å². The number of hydrogen-bond donors (Lipinski definition) is 2. The van der Waals surface area contributed by atoms with Crippen LogP contribution in [0.25, 0.3) is 5.69 Å². The first-order chi connectivity index (χ1) is 18.9. The van der Waals surface area contributed by atoms with Crippen LogP contribution in [-0.4, -0.2) is 46.1 Å². The van der Waals surface area contributed by atoms with Crippen LogP contribution in [0.1, 0.15) is 34.7 Å². The number of hydrogen-bond acceptors (Lipinski definition) is 5. The van der Waals surface area contributed by atoms with E-state index in [2.05, 4.69) is 63.9 Å². The predicted octanol–water partition coefficient (Wildman–Crippen LogP) is 5.86. The molecule has 2 aliphatic rings. The van der Waals surface area contributed by atoms with Gasteiger partial charge in [-0.3, -0.25) is 4.98 Å². The van der Waals surface area contributed by atoms with E-state index in [4.69, 9.17) is 28.6 Å². The molecular weight excluding hydrogens is 530 g/mol. The number of nitrogens with one attached hydrogen (secondary N) is 1. The maximum Gasteiger partial charge on any atom is 0.174 e. The number of anilines is 2. The molecule has 2 N–H and O–H groups in total. The predicted molar refractivity (Wildman–Crippen MR) is 159 cm³/mol. The standard InChI is InChI=1S/C30H30ClN5O2S/c1-19-17-24(20(2)35(19)23-9-7-22(8-10-23)34-13-15-38-16-14-34)29-28(25-5-3-4-12-32-25)33-30(39)36(29)26-18-21(31)6-11-27(26)37/h3-12,17-18,28-29,37H,13-16H2,1-2H3,(H,33,39). The van der Waals surface area contributed by atoms with Crippen molar-refractivity contribution in [2.24, 2.45) is 0 Å². The number of aromatic nitrogens is 2. The molecule has 9 heteroatoms. The summed E-state index contributed by atoms with van der Waals surface area (Å²) in [5, 5.41) is 15.4. The summed E-state index contributed by atoms with van der Waals surface area (Å²) < 4.78 is 7.78. The molecule has 0 aliphatic carbocycles. The molecule has 7 nitrogen and oxygen atoms in total. The van der Waals surface area contributed by atoms with E-state index in [1.165, 1.54) is 5.69 Å². The lowest BCUT2D eigenvalue weighted by Gasteiger charge is -2.29. The minimum absolute atomic E-state index is 0.114. The molecule has 2 aromatic heterocycles. The van der Waals surface area contributed by atoms with Crippen molar-refractivity contribution in [2.75, 3.05) is 36.1 Å². The number of aromatic hydroxyl groups is 1. The highest BCUT2D eigenvalue weighted by molar-refractivity contribution is 7.80. The lowest BCUT2D eigenvalue weighted by molar-refractivity contribution is 0.122.